The summed E-state index contributed by atoms with van der Waals surface area (Å²) in [4.78, 5) is 24.7. The SMILES string of the molecule is C[C@H](N)C1=C(C(=O)O)N2C(=O)[C@H]([C@@H](C)O)[C@H]2S1. The molecule has 0 aromatic heterocycles. The van der Waals surface area contributed by atoms with Gasteiger partial charge in [-0.05, 0) is 13.8 Å². The number of amides is 1. The Kier molecular flexibility index (Phi) is 2.92. The predicted octanol–water partition coefficient (Wildman–Crippen LogP) is -0.458. The van der Waals surface area contributed by atoms with E-state index >= 15 is 0 Å². The summed E-state index contributed by atoms with van der Waals surface area (Å²) in [6.45, 7) is 3.21. The van der Waals surface area contributed by atoms with Gasteiger partial charge in [-0.25, -0.2) is 4.79 Å². The largest absolute Gasteiger partial charge is 0.477 e. The van der Waals surface area contributed by atoms with E-state index in [1.54, 1.807) is 6.92 Å². The number of aliphatic hydroxyl groups excluding tert-OH is 1. The molecule has 0 aromatic rings. The highest BCUT2D eigenvalue weighted by Crippen LogP contribution is 2.50. The van der Waals surface area contributed by atoms with Crippen LogP contribution in [0.15, 0.2) is 10.6 Å². The smallest absolute Gasteiger partial charge is 0.353 e. The lowest BCUT2D eigenvalue weighted by Gasteiger charge is -2.43. The van der Waals surface area contributed by atoms with Gasteiger partial charge in [0.2, 0.25) is 5.91 Å². The Morgan fingerprint density at radius 2 is 2.12 bits per heavy atom. The molecule has 0 saturated carbocycles. The average molecular weight is 258 g/mol. The van der Waals surface area contributed by atoms with Gasteiger partial charge in [-0.3, -0.25) is 9.69 Å². The van der Waals surface area contributed by atoms with Crippen LogP contribution in [0.5, 0.6) is 0 Å². The zero-order valence-corrected chi connectivity index (χ0v) is 10.3. The number of rotatable bonds is 3. The second-order valence-corrected chi connectivity index (χ2v) is 5.45. The molecule has 94 valence electrons. The number of carboxylic acid groups (broad SMARTS) is 1. The maximum Gasteiger partial charge on any atom is 0.353 e. The molecule has 1 fully saturated rings. The molecule has 2 rings (SSSR count). The van der Waals surface area contributed by atoms with Crippen LogP contribution in [0.1, 0.15) is 13.8 Å². The third kappa shape index (κ3) is 1.65. The van der Waals surface area contributed by atoms with Crippen molar-refractivity contribution in [3.8, 4) is 0 Å². The Morgan fingerprint density at radius 1 is 1.53 bits per heavy atom. The molecule has 0 aliphatic carbocycles. The van der Waals surface area contributed by atoms with Gasteiger partial charge in [0.1, 0.15) is 11.1 Å². The van der Waals surface area contributed by atoms with Gasteiger partial charge in [-0.15, -0.1) is 0 Å². The molecule has 0 spiro atoms. The molecular weight excluding hydrogens is 244 g/mol. The third-order valence-corrected chi connectivity index (χ3v) is 4.51. The van der Waals surface area contributed by atoms with Crippen molar-refractivity contribution in [2.45, 2.75) is 31.4 Å². The zero-order valence-electron chi connectivity index (χ0n) is 9.45. The van der Waals surface area contributed by atoms with Gasteiger partial charge in [0.05, 0.1) is 12.0 Å². The summed E-state index contributed by atoms with van der Waals surface area (Å²) in [5.41, 5.74) is 5.67. The first-order valence-electron chi connectivity index (χ1n) is 5.27. The van der Waals surface area contributed by atoms with Crippen LogP contribution in [0.2, 0.25) is 0 Å². The fourth-order valence-electron chi connectivity index (χ4n) is 2.13. The van der Waals surface area contributed by atoms with Crippen molar-refractivity contribution in [3.05, 3.63) is 10.6 Å². The summed E-state index contributed by atoms with van der Waals surface area (Å²) in [5.74, 6) is -2.03. The van der Waals surface area contributed by atoms with Crippen LogP contribution < -0.4 is 5.73 Å². The molecule has 2 aliphatic heterocycles. The molecule has 1 saturated heterocycles. The number of hydrogen-bond acceptors (Lipinski definition) is 5. The molecule has 4 atom stereocenters. The topological polar surface area (TPSA) is 104 Å². The number of thioether (sulfide) groups is 1. The van der Waals surface area contributed by atoms with Gasteiger partial charge >= 0.3 is 5.97 Å². The molecule has 0 unspecified atom stereocenters. The first kappa shape index (κ1) is 12.4. The summed E-state index contributed by atoms with van der Waals surface area (Å²) >= 11 is 1.26. The summed E-state index contributed by atoms with van der Waals surface area (Å²) in [5, 5.41) is 18.3. The van der Waals surface area contributed by atoms with E-state index in [-0.39, 0.29) is 17.0 Å². The molecule has 7 heteroatoms. The van der Waals surface area contributed by atoms with Gasteiger partial charge in [0.25, 0.3) is 0 Å². The summed E-state index contributed by atoms with van der Waals surface area (Å²) in [7, 11) is 0. The van der Waals surface area contributed by atoms with Crippen LogP contribution >= 0.6 is 11.8 Å². The second kappa shape index (κ2) is 4.01. The van der Waals surface area contributed by atoms with Crippen molar-refractivity contribution >= 4 is 23.6 Å². The van der Waals surface area contributed by atoms with E-state index in [4.69, 9.17) is 10.8 Å². The van der Waals surface area contributed by atoms with Crippen LogP contribution in [-0.2, 0) is 9.59 Å². The lowest BCUT2D eigenvalue weighted by molar-refractivity contribution is -0.156. The van der Waals surface area contributed by atoms with E-state index < -0.39 is 24.0 Å². The molecule has 2 heterocycles. The van der Waals surface area contributed by atoms with E-state index in [2.05, 4.69) is 0 Å². The van der Waals surface area contributed by atoms with Gasteiger partial charge in [0.15, 0.2) is 0 Å². The van der Waals surface area contributed by atoms with E-state index in [1.165, 1.54) is 23.6 Å². The fraction of sp³-hybridized carbons (Fsp3) is 0.600. The second-order valence-electron chi connectivity index (χ2n) is 4.29. The highest BCUT2D eigenvalue weighted by Gasteiger charge is 2.57. The van der Waals surface area contributed by atoms with Crippen molar-refractivity contribution in [1.82, 2.24) is 4.90 Å². The van der Waals surface area contributed by atoms with E-state index in [0.717, 1.165) is 0 Å². The summed E-state index contributed by atoms with van der Waals surface area (Å²) in [6.07, 6.45) is -0.779. The molecule has 0 aromatic carbocycles. The van der Waals surface area contributed by atoms with E-state index in [9.17, 15) is 14.7 Å². The monoisotopic (exact) mass is 258 g/mol. The summed E-state index contributed by atoms with van der Waals surface area (Å²) in [6, 6.07) is -0.431. The number of aliphatic hydroxyl groups is 1. The highest BCUT2D eigenvalue weighted by molar-refractivity contribution is 8.04. The molecular formula is C10H14N2O4S. The van der Waals surface area contributed by atoms with Gasteiger partial charge < -0.3 is 15.9 Å². The number of carbonyl (C=O) groups is 2. The van der Waals surface area contributed by atoms with Crippen LogP contribution in [0.3, 0.4) is 0 Å². The van der Waals surface area contributed by atoms with E-state index in [1.807, 2.05) is 0 Å². The number of aliphatic carboxylic acids is 1. The molecule has 1 amide bonds. The van der Waals surface area contributed by atoms with Crippen molar-refractivity contribution < 1.29 is 19.8 Å². The first-order valence-corrected chi connectivity index (χ1v) is 6.15. The minimum atomic E-state index is -1.15. The standard InChI is InChI=1S/C10H14N2O4S/c1-3(11)7-6(10(15)16)12-8(14)5(4(2)13)9(12)17-7/h3-5,9,13H,11H2,1-2H3,(H,15,16)/t3-,4+,5-,9+/m0/s1. The number of carbonyl (C=O) groups excluding carboxylic acids is 1. The molecule has 4 N–H and O–H groups in total. The molecule has 0 radical (unpaired) electrons. The molecule has 6 nitrogen and oxygen atoms in total. The molecule has 0 bridgehead atoms. The quantitative estimate of drug-likeness (QED) is 0.592. The lowest BCUT2D eigenvalue weighted by Crippen LogP contribution is -2.60. The van der Waals surface area contributed by atoms with Crippen LogP contribution in [0.4, 0.5) is 0 Å². The third-order valence-electron chi connectivity index (χ3n) is 2.94. The number of carboxylic acids is 1. The number of nitrogens with two attached hydrogens (primary N) is 1. The normalized spacial score (nSPS) is 31.1. The highest BCUT2D eigenvalue weighted by atomic mass is 32.2. The molecule has 2 aliphatic rings. The Morgan fingerprint density at radius 3 is 2.53 bits per heavy atom. The minimum Gasteiger partial charge on any atom is -0.477 e. The minimum absolute atomic E-state index is 0.0306. The average Bonchev–Trinajstić information content (AvgIpc) is 2.52. The van der Waals surface area contributed by atoms with Crippen molar-refractivity contribution in [2.24, 2.45) is 11.7 Å². The van der Waals surface area contributed by atoms with Crippen LogP contribution in [-0.4, -0.2) is 44.5 Å². The number of nitrogens with zero attached hydrogens (tertiary/aromatic N) is 1. The predicted molar refractivity (Wildman–Crippen MR) is 61.7 cm³/mol. The van der Waals surface area contributed by atoms with Crippen molar-refractivity contribution in [2.75, 3.05) is 0 Å². The van der Waals surface area contributed by atoms with Crippen LogP contribution in [0.25, 0.3) is 0 Å². The number of fused-ring (bicyclic) bond motifs is 1. The Hall–Kier alpha value is -1.05. The number of β-lactam (4-membered cyclic amide) rings is 1. The van der Waals surface area contributed by atoms with E-state index in [0.29, 0.717) is 4.91 Å². The van der Waals surface area contributed by atoms with Crippen LogP contribution in [0, 0.1) is 5.92 Å². The Labute approximate surface area is 102 Å². The van der Waals surface area contributed by atoms with Crippen molar-refractivity contribution in [1.29, 1.82) is 0 Å². The van der Waals surface area contributed by atoms with Crippen molar-refractivity contribution in [3.63, 3.8) is 0 Å². The maximum absolute atomic E-state index is 11.8. The lowest BCUT2D eigenvalue weighted by atomic mass is 9.92. The van der Waals surface area contributed by atoms with Gasteiger partial charge in [-0.2, -0.15) is 0 Å². The van der Waals surface area contributed by atoms with Gasteiger partial charge in [-0.1, -0.05) is 11.8 Å². The zero-order chi connectivity index (χ0) is 12.9. The number of hydrogen-bond donors (Lipinski definition) is 3. The molecule has 17 heavy (non-hydrogen) atoms. The Balaban J connectivity index is 2.33. The fourth-order valence-corrected chi connectivity index (χ4v) is 3.71. The maximum atomic E-state index is 11.8. The van der Waals surface area contributed by atoms with Gasteiger partial charge in [0, 0.05) is 10.9 Å². The summed E-state index contributed by atoms with van der Waals surface area (Å²) < 4.78 is 0. The Bertz CT molecular complexity index is 419. The first-order chi connectivity index (χ1) is 7.86.